The molecule has 0 unspecified atom stereocenters. The van der Waals surface area contributed by atoms with Crippen molar-refractivity contribution in [1.29, 1.82) is 0 Å². The summed E-state index contributed by atoms with van der Waals surface area (Å²) in [6.45, 7) is 0.381. The standard InChI is InChI=1S/C5H5F5O2/c1-2-12-5(9,10)3(11)4(6,7)8/h2H2,1H3. The summed E-state index contributed by atoms with van der Waals surface area (Å²) < 4.78 is 61.4. The lowest BCUT2D eigenvalue weighted by atomic mass is 10.3. The van der Waals surface area contributed by atoms with E-state index in [4.69, 9.17) is 0 Å². The van der Waals surface area contributed by atoms with E-state index in [1.54, 1.807) is 0 Å². The van der Waals surface area contributed by atoms with Crippen molar-refractivity contribution < 1.29 is 31.5 Å². The van der Waals surface area contributed by atoms with Crippen LogP contribution in [-0.4, -0.2) is 24.7 Å². The molecule has 0 aliphatic carbocycles. The summed E-state index contributed by atoms with van der Waals surface area (Å²) in [5.41, 5.74) is 0. The number of Topliss-reactive ketones (excluding diaryl/α,β-unsaturated/α-hetero) is 1. The number of rotatable bonds is 3. The summed E-state index contributed by atoms with van der Waals surface area (Å²) in [4.78, 5) is 9.88. The molecule has 0 amide bonds. The van der Waals surface area contributed by atoms with Crippen molar-refractivity contribution in [2.24, 2.45) is 0 Å². The lowest BCUT2D eigenvalue weighted by Gasteiger charge is -2.15. The van der Waals surface area contributed by atoms with Gasteiger partial charge in [-0.25, -0.2) is 0 Å². The highest BCUT2D eigenvalue weighted by Crippen LogP contribution is 2.28. The molecule has 2 nitrogen and oxygen atoms in total. The summed E-state index contributed by atoms with van der Waals surface area (Å²) in [5, 5.41) is 0. The highest BCUT2D eigenvalue weighted by molar-refractivity contribution is 5.89. The Morgan fingerprint density at radius 1 is 1.25 bits per heavy atom. The SMILES string of the molecule is CCOC(F)(F)C(=O)C(F)(F)F. The number of carbonyl (C=O) groups excluding carboxylic acids is 1. The Bertz CT molecular complexity index is 173. The normalized spacial score (nSPS) is 13.2. The molecule has 7 heteroatoms. The third-order valence-electron chi connectivity index (χ3n) is 0.847. The summed E-state index contributed by atoms with van der Waals surface area (Å²) in [6, 6.07) is 0. The summed E-state index contributed by atoms with van der Waals surface area (Å²) in [5.74, 6) is -3.18. The average Bonchev–Trinajstić information content (AvgIpc) is 1.84. The Morgan fingerprint density at radius 3 is 1.92 bits per heavy atom. The number of carbonyl (C=O) groups is 1. The molecule has 0 aromatic heterocycles. The molecular weight excluding hydrogens is 187 g/mol. The molecule has 0 bridgehead atoms. The van der Waals surface area contributed by atoms with Crippen molar-refractivity contribution >= 4 is 5.78 Å². The maximum Gasteiger partial charge on any atom is 0.459 e. The van der Waals surface area contributed by atoms with Crippen LogP contribution in [0.25, 0.3) is 0 Å². The number of ketones is 1. The molecule has 0 N–H and O–H groups in total. The van der Waals surface area contributed by atoms with E-state index in [0.29, 0.717) is 0 Å². The van der Waals surface area contributed by atoms with Crippen LogP contribution in [0.4, 0.5) is 22.0 Å². The minimum absolute atomic E-state index is 0.672. The smallest absolute Gasteiger partial charge is 0.314 e. The molecule has 0 aliphatic heterocycles. The first-order valence-electron chi connectivity index (χ1n) is 2.85. The third-order valence-corrected chi connectivity index (χ3v) is 0.847. The summed E-state index contributed by atoms with van der Waals surface area (Å²) >= 11 is 0. The maximum atomic E-state index is 12.0. The van der Waals surface area contributed by atoms with Crippen LogP contribution in [0.2, 0.25) is 0 Å². The van der Waals surface area contributed by atoms with Crippen molar-refractivity contribution in [3.05, 3.63) is 0 Å². The Hall–Kier alpha value is -0.720. The van der Waals surface area contributed by atoms with E-state index in [1.807, 2.05) is 0 Å². The molecule has 0 fully saturated rings. The monoisotopic (exact) mass is 192 g/mol. The van der Waals surface area contributed by atoms with Gasteiger partial charge in [-0.3, -0.25) is 4.79 Å². The second kappa shape index (κ2) is 3.34. The second-order valence-corrected chi connectivity index (χ2v) is 1.78. The van der Waals surface area contributed by atoms with Crippen molar-refractivity contribution in [3.8, 4) is 0 Å². The fraction of sp³-hybridized carbons (Fsp3) is 0.800. The highest BCUT2D eigenvalue weighted by Gasteiger charge is 2.56. The van der Waals surface area contributed by atoms with Crippen LogP contribution in [0, 0.1) is 0 Å². The lowest BCUT2D eigenvalue weighted by Crippen LogP contribution is -2.42. The Balaban J connectivity index is 4.46. The summed E-state index contributed by atoms with van der Waals surface area (Å²) in [6.07, 6.45) is -10.3. The third kappa shape index (κ3) is 2.72. The minimum Gasteiger partial charge on any atom is -0.314 e. The van der Waals surface area contributed by atoms with Crippen molar-refractivity contribution in [3.63, 3.8) is 0 Å². The fourth-order valence-electron chi connectivity index (χ4n) is 0.412. The molecule has 0 spiro atoms. The van der Waals surface area contributed by atoms with E-state index in [-0.39, 0.29) is 0 Å². The van der Waals surface area contributed by atoms with Crippen LogP contribution < -0.4 is 0 Å². The van der Waals surface area contributed by atoms with Gasteiger partial charge >= 0.3 is 18.1 Å². The van der Waals surface area contributed by atoms with Crippen LogP contribution >= 0.6 is 0 Å². The van der Waals surface area contributed by atoms with Crippen LogP contribution in [0.1, 0.15) is 6.92 Å². The van der Waals surface area contributed by atoms with Crippen LogP contribution in [0.15, 0.2) is 0 Å². The number of alkyl halides is 5. The Morgan fingerprint density at radius 2 is 1.67 bits per heavy atom. The Labute approximate surface area is 64.3 Å². The van der Waals surface area contributed by atoms with E-state index >= 15 is 0 Å². The van der Waals surface area contributed by atoms with Gasteiger partial charge in [0.15, 0.2) is 0 Å². The van der Waals surface area contributed by atoms with Gasteiger partial charge in [-0.15, -0.1) is 0 Å². The first-order chi connectivity index (χ1) is 5.22. The zero-order valence-electron chi connectivity index (χ0n) is 5.91. The lowest BCUT2D eigenvalue weighted by molar-refractivity contribution is -0.256. The van der Waals surface area contributed by atoms with E-state index in [0.717, 1.165) is 6.92 Å². The molecule has 0 radical (unpaired) electrons. The fourth-order valence-corrected chi connectivity index (χ4v) is 0.412. The van der Waals surface area contributed by atoms with Gasteiger partial charge in [0, 0.05) is 0 Å². The first-order valence-corrected chi connectivity index (χ1v) is 2.85. The van der Waals surface area contributed by atoms with E-state index in [9.17, 15) is 26.7 Å². The molecule has 0 heterocycles. The van der Waals surface area contributed by atoms with Gasteiger partial charge in [-0.1, -0.05) is 0 Å². The molecular formula is C5H5F5O2. The average molecular weight is 192 g/mol. The van der Waals surface area contributed by atoms with Gasteiger partial charge < -0.3 is 4.74 Å². The van der Waals surface area contributed by atoms with Gasteiger partial charge in [0.1, 0.15) is 0 Å². The number of hydrogen-bond acceptors (Lipinski definition) is 2. The molecule has 0 rings (SSSR count). The van der Waals surface area contributed by atoms with Gasteiger partial charge in [0.2, 0.25) is 0 Å². The predicted molar refractivity (Wildman–Crippen MR) is 27.6 cm³/mol. The van der Waals surface area contributed by atoms with E-state index in [2.05, 4.69) is 4.74 Å². The zero-order chi connectivity index (χ0) is 9.99. The molecule has 0 aliphatic rings. The topological polar surface area (TPSA) is 26.3 Å². The zero-order valence-corrected chi connectivity index (χ0v) is 5.91. The highest BCUT2D eigenvalue weighted by atomic mass is 19.4. The molecule has 72 valence electrons. The number of hydrogen-bond donors (Lipinski definition) is 0. The van der Waals surface area contributed by atoms with Crippen molar-refractivity contribution in [1.82, 2.24) is 0 Å². The van der Waals surface area contributed by atoms with Crippen LogP contribution in [0.5, 0.6) is 0 Å². The molecule has 12 heavy (non-hydrogen) atoms. The molecule has 0 aromatic carbocycles. The van der Waals surface area contributed by atoms with Crippen LogP contribution in [-0.2, 0) is 9.53 Å². The largest absolute Gasteiger partial charge is 0.459 e. The van der Waals surface area contributed by atoms with Gasteiger partial charge in [-0.05, 0) is 6.92 Å². The van der Waals surface area contributed by atoms with Gasteiger partial charge in [0.25, 0.3) is 0 Å². The molecule has 0 saturated carbocycles. The number of ether oxygens (including phenoxy) is 1. The van der Waals surface area contributed by atoms with Gasteiger partial charge in [0.05, 0.1) is 6.61 Å². The predicted octanol–water partition coefficient (Wildman–Crippen LogP) is 1.75. The second-order valence-electron chi connectivity index (χ2n) is 1.78. The van der Waals surface area contributed by atoms with E-state index < -0.39 is 24.7 Å². The van der Waals surface area contributed by atoms with E-state index in [1.165, 1.54) is 0 Å². The van der Waals surface area contributed by atoms with Crippen molar-refractivity contribution in [2.75, 3.05) is 6.61 Å². The molecule has 0 atom stereocenters. The maximum absolute atomic E-state index is 12.0. The quantitative estimate of drug-likeness (QED) is 0.636. The number of halogens is 5. The molecule has 0 aromatic rings. The Kier molecular flexibility index (Phi) is 3.14. The minimum atomic E-state index is -5.57. The van der Waals surface area contributed by atoms with Crippen molar-refractivity contribution in [2.45, 2.75) is 19.2 Å². The van der Waals surface area contributed by atoms with Crippen LogP contribution in [0.3, 0.4) is 0 Å². The van der Waals surface area contributed by atoms with Gasteiger partial charge in [-0.2, -0.15) is 22.0 Å². The molecule has 0 saturated heterocycles. The first kappa shape index (κ1) is 11.3. The summed E-state index contributed by atoms with van der Waals surface area (Å²) in [7, 11) is 0.